The first-order chi connectivity index (χ1) is 11.5. The number of aromatic hydroxyl groups is 1. The third-order valence-corrected chi connectivity index (χ3v) is 3.87. The number of nitrogens with one attached hydrogen (secondary N) is 1. The van der Waals surface area contributed by atoms with Crippen molar-refractivity contribution >= 4 is 5.91 Å². The average molecular weight is 329 g/mol. The van der Waals surface area contributed by atoms with Gasteiger partial charge in [0.25, 0.3) is 5.91 Å². The lowest BCUT2D eigenvalue weighted by Gasteiger charge is -2.13. The van der Waals surface area contributed by atoms with E-state index in [1.54, 1.807) is 38.5 Å². The fourth-order valence-corrected chi connectivity index (χ4v) is 2.36. The summed E-state index contributed by atoms with van der Waals surface area (Å²) in [4.78, 5) is 12.4. The molecule has 0 aromatic heterocycles. The highest BCUT2D eigenvalue weighted by atomic mass is 16.5. The largest absolute Gasteiger partial charge is 0.507 e. The zero-order chi connectivity index (χ0) is 17.7. The Hall–Kier alpha value is -2.69. The first kappa shape index (κ1) is 17.7. The Morgan fingerprint density at radius 3 is 2.50 bits per heavy atom. The molecule has 0 unspecified atom stereocenters. The zero-order valence-electron chi connectivity index (χ0n) is 14.4. The van der Waals surface area contributed by atoms with Gasteiger partial charge in [-0.05, 0) is 35.7 Å². The molecule has 24 heavy (non-hydrogen) atoms. The summed E-state index contributed by atoms with van der Waals surface area (Å²) in [6, 6.07) is 10.5. The van der Waals surface area contributed by atoms with E-state index in [1.807, 2.05) is 26.0 Å². The fraction of sp³-hybridized carbons (Fsp3) is 0.316. The molecule has 0 aliphatic heterocycles. The number of amides is 1. The van der Waals surface area contributed by atoms with Crippen LogP contribution in [0.4, 0.5) is 0 Å². The van der Waals surface area contributed by atoms with E-state index in [9.17, 15) is 9.90 Å². The lowest BCUT2D eigenvalue weighted by Crippen LogP contribution is -2.23. The number of hydrogen-bond donors (Lipinski definition) is 2. The zero-order valence-corrected chi connectivity index (χ0v) is 14.4. The lowest BCUT2D eigenvalue weighted by molar-refractivity contribution is 0.0948. The Bertz CT molecular complexity index is 725. The number of rotatable bonds is 6. The molecule has 0 radical (unpaired) electrons. The molecule has 0 aliphatic carbocycles. The van der Waals surface area contributed by atoms with Crippen molar-refractivity contribution in [2.45, 2.75) is 26.3 Å². The molecule has 2 aromatic carbocycles. The fourth-order valence-electron chi connectivity index (χ4n) is 2.36. The second-order valence-electron chi connectivity index (χ2n) is 5.79. The van der Waals surface area contributed by atoms with Gasteiger partial charge in [-0.25, -0.2) is 0 Å². The van der Waals surface area contributed by atoms with Gasteiger partial charge in [0.05, 0.1) is 19.8 Å². The number of hydrogen-bond acceptors (Lipinski definition) is 4. The average Bonchev–Trinajstić information content (AvgIpc) is 2.59. The van der Waals surface area contributed by atoms with E-state index >= 15 is 0 Å². The predicted octanol–water partition coefficient (Wildman–Crippen LogP) is 3.46. The maximum absolute atomic E-state index is 12.4. The van der Waals surface area contributed by atoms with Crippen LogP contribution in [0.2, 0.25) is 0 Å². The molecule has 0 atom stereocenters. The van der Waals surface area contributed by atoms with Gasteiger partial charge in [0.2, 0.25) is 0 Å². The molecule has 0 fully saturated rings. The normalized spacial score (nSPS) is 10.5. The number of phenols is 1. The number of methoxy groups -OCH3 is 2. The van der Waals surface area contributed by atoms with E-state index in [2.05, 4.69) is 5.32 Å². The van der Waals surface area contributed by atoms with Gasteiger partial charge in [0, 0.05) is 18.2 Å². The molecule has 0 aliphatic rings. The van der Waals surface area contributed by atoms with Crippen LogP contribution in [0.15, 0.2) is 36.4 Å². The van der Waals surface area contributed by atoms with E-state index in [1.165, 1.54) is 0 Å². The Kier molecular flexibility index (Phi) is 5.68. The molecule has 2 rings (SSSR count). The second-order valence-corrected chi connectivity index (χ2v) is 5.79. The van der Waals surface area contributed by atoms with Crippen LogP contribution in [0.25, 0.3) is 0 Å². The minimum Gasteiger partial charge on any atom is -0.507 e. The van der Waals surface area contributed by atoms with Crippen molar-refractivity contribution in [1.82, 2.24) is 5.32 Å². The first-order valence-electron chi connectivity index (χ1n) is 7.78. The van der Waals surface area contributed by atoms with Crippen molar-refractivity contribution in [2.75, 3.05) is 14.2 Å². The molecule has 0 saturated carbocycles. The molecule has 5 nitrogen and oxygen atoms in total. The maximum atomic E-state index is 12.4. The topological polar surface area (TPSA) is 67.8 Å². The van der Waals surface area contributed by atoms with Gasteiger partial charge in [0.1, 0.15) is 17.2 Å². The standard InChI is InChI=1S/C19H23NO4/c1-12(2)13-6-8-17(21)16(9-13)19(22)20-11-14-5-7-15(23-3)10-18(14)24-4/h5-10,12,21H,11H2,1-4H3,(H,20,22). The van der Waals surface area contributed by atoms with E-state index in [0.717, 1.165) is 11.1 Å². The summed E-state index contributed by atoms with van der Waals surface area (Å²) >= 11 is 0. The minimum atomic E-state index is -0.326. The van der Waals surface area contributed by atoms with Gasteiger partial charge in [-0.1, -0.05) is 19.9 Å². The van der Waals surface area contributed by atoms with Crippen molar-refractivity contribution in [1.29, 1.82) is 0 Å². The quantitative estimate of drug-likeness (QED) is 0.851. The van der Waals surface area contributed by atoms with Crippen molar-refractivity contribution in [3.63, 3.8) is 0 Å². The van der Waals surface area contributed by atoms with Crippen LogP contribution >= 0.6 is 0 Å². The molecule has 2 aromatic rings. The molecule has 2 N–H and O–H groups in total. The van der Waals surface area contributed by atoms with Crippen molar-refractivity contribution in [2.24, 2.45) is 0 Å². The minimum absolute atomic E-state index is 0.0291. The summed E-state index contributed by atoms with van der Waals surface area (Å²) in [5, 5.41) is 12.8. The van der Waals surface area contributed by atoms with Crippen LogP contribution in [0.5, 0.6) is 17.2 Å². The highest BCUT2D eigenvalue weighted by molar-refractivity contribution is 5.97. The molecule has 0 saturated heterocycles. The van der Waals surface area contributed by atoms with Crippen molar-refractivity contribution in [3.8, 4) is 17.2 Å². The summed E-state index contributed by atoms with van der Waals surface area (Å²) in [5.41, 5.74) is 2.10. The van der Waals surface area contributed by atoms with Crippen molar-refractivity contribution < 1.29 is 19.4 Å². The second kappa shape index (κ2) is 7.73. The molecule has 0 heterocycles. The Morgan fingerprint density at radius 2 is 1.88 bits per heavy atom. The third kappa shape index (κ3) is 3.98. The van der Waals surface area contributed by atoms with Crippen LogP contribution in [-0.2, 0) is 6.54 Å². The third-order valence-electron chi connectivity index (χ3n) is 3.87. The van der Waals surface area contributed by atoms with E-state index in [-0.39, 0.29) is 29.7 Å². The highest BCUT2D eigenvalue weighted by Crippen LogP contribution is 2.26. The maximum Gasteiger partial charge on any atom is 0.255 e. The summed E-state index contributed by atoms with van der Waals surface area (Å²) < 4.78 is 10.5. The summed E-state index contributed by atoms with van der Waals surface area (Å²) in [6.45, 7) is 4.36. The summed E-state index contributed by atoms with van der Waals surface area (Å²) in [5.74, 6) is 1.24. The van der Waals surface area contributed by atoms with E-state index in [0.29, 0.717) is 11.5 Å². The molecule has 0 spiro atoms. The highest BCUT2D eigenvalue weighted by Gasteiger charge is 2.14. The van der Waals surface area contributed by atoms with Gasteiger partial charge in [0.15, 0.2) is 0 Å². The van der Waals surface area contributed by atoms with Crippen LogP contribution in [0.3, 0.4) is 0 Å². The van der Waals surface area contributed by atoms with Gasteiger partial charge in [-0.2, -0.15) is 0 Å². The van der Waals surface area contributed by atoms with Crippen LogP contribution < -0.4 is 14.8 Å². The number of benzene rings is 2. The van der Waals surface area contributed by atoms with Gasteiger partial charge < -0.3 is 19.9 Å². The van der Waals surface area contributed by atoms with Crippen molar-refractivity contribution in [3.05, 3.63) is 53.1 Å². The van der Waals surface area contributed by atoms with E-state index < -0.39 is 0 Å². The molecular weight excluding hydrogens is 306 g/mol. The van der Waals surface area contributed by atoms with Gasteiger partial charge in [-0.15, -0.1) is 0 Å². The monoisotopic (exact) mass is 329 g/mol. The number of phenolic OH excluding ortho intramolecular Hbond substituents is 1. The smallest absolute Gasteiger partial charge is 0.255 e. The molecule has 5 heteroatoms. The molecule has 128 valence electrons. The number of carbonyl (C=O) groups is 1. The van der Waals surface area contributed by atoms with Crippen LogP contribution in [-0.4, -0.2) is 25.2 Å². The van der Waals surface area contributed by atoms with Crippen LogP contribution in [0, 0.1) is 0 Å². The SMILES string of the molecule is COc1ccc(CNC(=O)c2cc(C(C)C)ccc2O)c(OC)c1. The first-order valence-corrected chi connectivity index (χ1v) is 7.78. The lowest BCUT2D eigenvalue weighted by atomic mass is 10.00. The van der Waals surface area contributed by atoms with Gasteiger partial charge >= 0.3 is 0 Å². The molecular formula is C19H23NO4. The number of carbonyl (C=O) groups excluding carboxylic acids is 1. The Balaban J connectivity index is 2.15. The summed E-state index contributed by atoms with van der Waals surface area (Å²) in [6.07, 6.45) is 0. The molecule has 0 bridgehead atoms. The Labute approximate surface area is 142 Å². The van der Waals surface area contributed by atoms with Crippen LogP contribution in [0.1, 0.15) is 41.3 Å². The van der Waals surface area contributed by atoms with E-state index in [4.69, 9.17) is 9.47 Å². The Morgan fingerprint density at radius 1 is 1.12 bits per heavy atom. The predicted molar refractivity (Wildman–Crippen MR) is 92.9 cm³/mol. The molecule has 1 amide bonds. The number of ether oxygens (including phenoxy) is 2. The summed E-state index contributed by atoms with van der Waals surface area (Å²) in [7, 11) is 3.15. The van der Waals surface area contributed by atoms with Gasteiger partial charge in [-0.3, -0.25) is 4.79 Å².